The molecule has 2 aromatic carbocycles. The van der Waals surface area contributed by atoms with Gasteiger partial charge >= 0.3 is 12.6 Å². The number of aliphatic hydroxyl groups excluding tert-OH is 1. The number of rotatable bonds is 14. The molecule has 0 aliphatic carbocycles. The Morgan fingerprint density at radius 2 is 1.68 bits per heavy atom. The number of methoxy groups -OCH3 is 1. The number of benzene rings is 2. The Hall–Kier alpha value is -3.96. The molecule has 3 aromatic rings. The van der Waals surface area contributed by atoms with E-state index in [4.69, 9.17) is 26.6 Å². The highest BCUT2D eigenvalue weighted by Gasteiger charge is 2.25. The van der Waals surface area contributed by atoms with Gasteiger partial charge in [0, 0.05) is 34.5 Å². The van der Waals surface area contributed by atoms with Crippen LogP contribution < -0.4 is 20.3 Å². The molecule has 0 bridgehead atoms. The lowest BCUT2D eigenvalue weighted by atomic mass is 10.0. The summed E-state index contributed by atoms with van der Waals surface area (Å²) in [6.07, 6.45) is 4.21. The number of pyridine rings is 1. The Morgan fingerprint density at radius 3 is 2.30 bits per heavy atom. The van der Waals surface area contributed by atoms with Crippen molar-refractivity contribution in [2.75, 3.05) is 19.0 Å². The topological polar surface area (TPSA) is 127 Å². The van der Waals surface area contributed by atoms with E-state index in [9.17, 15) is 23.2 Å². The first-order valence-electron chi connectivity index (χ1n) is 12.4. The Balaban J connectivity index is 2.00. The van der Waals surface area contributed by atoms with E-state index < -0.39 is 30.1 Å². The fourth-order valence-corrected chi connectivity index (χ4v) is 4.35. The number of ether oxygens (including phenoxy) is 2. The summed E-state index contributed by atoms with van der Waals surface area (Å²) in [4.78, 5) is 37.9. The van der Waals surface area contributed by atoms with Crippen molar-refractivity contribution in [3.8, 4) is 22.6 Å². The van der Waals surface area contributed by atoms with Crippen LogP contribution in [0.4, 0.5) is 14.5 Å². The highest BCUT2D eigenvalue weighted by atomic mass is 35.5. The zero-order valence-corrected chi connectivity index (χ0v) is 22.4. The van der Waals surface area contributed by atoms with Gasteiger partial charge in [-0.05, 0) is 55.3 Å². The maximum atomic E-state index is 13.4. The van der Waals surface area contributed by atoms with Crippen LogP contribution in [0, 0.1) is 0 Å². The van der Waals surface area contributed by atoms with Gasteiger partial charge in [0.15, 0.2) is 0 Å². The molecule has 214 valence electrons. The Labute approximate surface area is 233 Å². The summed E-state index contributed by atoms with van der Waals surface area (Å²) in [5.41, 5.74) is 0.0389. The van der Waals surface area contributed by atoms with Gasteiger partial charge in [0.1, 0.15) is 17.5 Å². The normalized spacial score (nSPS) is 11.8. The van der Waals surface area contributed by atoms with Crippen LogP contribution in [-0.4, -0.2) is 47.0 Å². The fourth-order valence-electron chi connectivity index (χ4n) is 4.18. The number of hydrogen-bond acceptors (Lipinski definition) is 6. The van der Waals surface area contributed by atoms with Crippen molar-refractivity contribution in [2.45, 2.75) is 44.8 Å². The van der Waals surface area contributed by atoms with Crippen molar-refractivity contribution in [2.24, 2.45) is 0 Å². The minimum Gasteiger partial charge on any atom is -0.495 e. The minimum absolute atomic E-state index is 0.0474. The van der Waals surface area contributed by atoms with E-state index in [1.807, 2.05) is 0 Å². The van der Waals surface area contributed by atoms with Crippen molar-refractivity contribution in [3.63, 3.8) is 0 Å². The number of unbranched alkanes of at least 4 members (excludes halogenated alkanes) is 3. The molecular weight excluding hydrogens is 550 g/mol. The number of amides is 1. The standard InChI is InChI=1S/C28H29ClF2N2O7/c1-39-24-16-33(25(35)15-21(24)20-14-18(29)9-12-23(20)40-28(30)31)22(6-4-2-3-5-13-34)26(36)32-19-10-7-17(8-11-19)27(37)38/h7-12,14-16,22,28,34H,2-6,13H2,1H3,(H,32,36)(H,37,38). The second-order valence-corrected chi connectivity index (χ2v) is 9.27. The van der Waals surface area contributed by atoms with E-state index in [1.165, 1.54) is 60.3 Å². The third kappa shape index (κ3) is 8.03. The number of carboxylic acid groups (broad SMARTS) is 1. The van der Waals surface area contributed by atoms with Crippen LogP contribution in [0.2, 0.25) is 5.02 Å². The van der Waals surface area contributed by atoms with Crippen molar-refractivity contribution in [1.82, 2.24) is 4.57 Å². The number of aromatic nitrogens is 1. The molecule has 1 aromatic heterocycles. The van der Waals surface area contributed by atoms with Gasteiger partial charge in [-0.3, -0.25) is 14.2 Å². The van der Waals surface area contributed by atoms with Crippen molar-refractivity contribution in [1.29, 1.82) is 0 Å². The molecular formula is C28H29ClF2N2O7. The lowest BCUT2D eigenvalue weighted by Gasteiger charge is -2.22. The number of aliphatic hydroxyl groups is 1. The van der Waals surface area contributed by atoms with E-state index in [1.54, 1.807) is 0 Å². The summed E-state index contributed by atoms with van der Waals surface area (Å²) in [7, 11) is 1.33. The van der Waals surface area contributed by atoms with Crippen LogP contribution in [0.5, 0.6) is 11.5 Å². The van der Waals surface area contributed by atoms with Crippen molar-refractivity contribution < 1.29 is 38.1 Å². The fraction of sp³-hybridized carbons (Fsp3) is 0.321. The second kappa shape index (κ2) is 14.4. The Bertz CT molecular complexity index is 1380. The van der Waals surface area contributed by atoms with Gasteiger partial charge in [-0.2, -0.15) is 8.78 Å². The molecule has 0 aliphatic heterocycles. The number of carboxylic acids is 1. The molecule has 0 radical (unpaired) electrons. The summed E-state index contributed by atoms with van der Waals surface area (Å²) in [6.45, 7) is -3.07. The first-order chi connectivity index (χ1) is 19.1. The molecule has 1 heterocycles. The molecule has 0 aliphatic rings. The van der Waals surface area contributed by atoms with Crippen LogP contribution in [0.1, 0.15) is 48.5 Å². The van der Waals surface area contributed by atoms with Crippen LogP contribution >= 0.6 is 11.6 Å². The third-order valence-corrected chi connectivity index (χ3v) is 6.37. The van der Waals surface area contributed by atoms with E-state index >= 15 is 0 Å². The minimum atomic E-state index is -3.12. The molecule has 40 heavy (non-hydrogen) atoms. The van der Waals surface area contributed by atoms with E-state index in [0.717, 1.165) is 12.5 Å². The number of alkyl halides is 2. The largest absolute Gasteiger partial charge is 0.495 e. The smallest absolute Gasteiger partial charge is 0.387 e. The Kier molecular flexibility index (Phi) is 11.0. The molecule has 3 rings (SSSR count). The lowest BCUT2D eigenvalue weighted by molar-refractivity contribution is -0.119. The summed E-state index contributed by atoms with van der Waals surface area (Å²) in [5, 5.41) is 21.1. The third-order valence-electron chi connectivity index (χ3n) is 6.14. The average molecular weight is 579 g/mol. The number of hydrogen-bond donors (Lipinski definition) is 3. The summed E-state index contributed by atoms with van der Waals surface area (Å²) in [5.74, 6) is -1.73. The van der Waals surface area contributed by atoms with Gasteiger partial charge < -0.3 is 25.0 Å². The molecule has 1 unspecified atom stereocenters. The van der Waals surface area contributed by atoms with Gasteiger partial charge in [0.2, 0.25) is 5.91 Å². The molecule has 0 saturated heterocycles. The maximum Gasteiger partial charge on any atom is 0.387 e. The van der Waals surface area contributed by atoms with Crippen LogP contribution in [0.25, 0.3) is 11.1 Å². The number of nitrogens with one attached hydrogen (secondary N) is 1. The quantitative estimate of drug-likeness (QED) is 0.212. The molecule has 0 fully saturated rings. The molecule has 12 heteroatoms. The van der Waals surface area contributed by atoms with Crippen LogP contribution in [0.3, 0.4) is 0 Å². The summed E-state index contributed by atoms with van der Waals surface area (Å²) < 4.78 is 37.4. The van der Waals surface area contributed by atoms with Gasteiger partial charge in [0.25, 0.3) is 5.56 Å². The number of aromatic carboxylic acids is 1. The highest BCUT2D eigenvalue weighted by Crippen LogP contribution is 2.38. The van der Waals surface area contributed by atoms with Crippen molar-refractivity contribution >= 4 is 29.2 Å². The maximum absolute atomic E-state index is 13.4. The lowest BCUT2D eigenvalue weighted by Crippen LogP contribution is -2.33. The van der Waals surface area contributed by atoms with E-state index in [-0.39, 0.29) is 46.2 Å². The van der Waals surface area contributed by atoms with Crippen molar-refractivity contribution in [3.05, 3.63) is 75.7 Å². The molecule has 1 atom stereocenters. The molecule has 0 saturated carbocycles. The highest BCUT2D eigenvalue weighted by molar-refractivity contribution is 6.31. The molecule has 0 spiro atoms. The van der Waals surface area contributed by atoms with Crippen LogP contribution in [-0.2, 0) is 4.79 Å². The second-order valence-electron chi connectivity index (χ2n) is 8.83. The average Bonchev–Trinajstić information content (AvgIpc) is 2.92. The zero-order chi connectivity index (χ0) is 29.2. The van der Waals surface area contributed by atoms with Crippen LogP contribution in [0.15, 0.2) is 59.5 Å². The number of anilines is 1. The van der Waals surface area contributed by atoms with Gasteiger partial charge in [-0.25, -0.2) is 4.79 Å². The molecule has 3 N–H and O–H groups in total. The van der Waals surface area contributed by atoms with Gasteiger partial charge in [-0.15, -0.1) is 0 Å². The zero-order valence-electron chi connectivity index (χ0n) is 21.6. The molecule has 1 amide bonds. The Morgan fingerprint density at radius 1 is 1.00 bits per heavy atom. The SMILES string of the molecule is COc1cn(C(CCCCCCO)C(=O)Nc2ccc(C(=O)O)cc2)c(=O)cc1-c1cc(Cl)ccc1OC(F)F. The number of carbonyl (C=O) groups excluding carboxylic acids is 1. The predicted molar refractivity (Wildman–Crippen MR) is 146 cm³/mol. The summed E-state index contributed by atoms with van der Waals surface area (Å²) in [6, 6.07) is 9.74. The van der Waals surface area contributed by atoms with E-state index in [0.29, 0.717) is 24.9 Å². The number of halogens is 3. The predicted octanol–water partition coefficient (Wildman–Crippen LogP) is 5.60. The monoisotopic (exact) mass is 578 g/mol. The number of nitrogens with zero attached hydrogens (tertiary/aromatic N) is 1. The first kappa shape index (κ1) is 30.6. The van der Waals surface area contributed by atoms with Gasteiger partial charge in [-0.1, -0.05) is 30.9 Å². The first-order valence-corrected chi connectivity index (χ1v) is 12.8. The van der Waals surface area contributed by atoms with E-state index in [2.05, 4.69) is 10.1 Å². The summed E-state index contributed by atoms with van der Waals surface area (Å²) >= 11 is 6.09. The van der Waals surface area contributed by atoms with Gasteiger partial charge in [0.05, 0.1) is 18.9 Å². The number of carbonyl (C=O) groups is 2. The molecule has 9 nitrogen and oxygen atoms in total.